The molecule has 0 saturated carbocycles. The van der Waals surface area contributed by atoms with Crippen LogP contribution in [0, 0.1) is 11.8 Å². The second-order valence-electron chi connectivity index (χ2n) is 6.06. The van der Waals surface area contributed by atoms with Crippen LogP contribution in [0.4, 0.5) is 10.7 Å². The number of ether oxygens (including phenoxy) is 1. The number of nitrogens with two attached hydrogens (primary N) is 1. The molecule has 0 aliphatic carbocycles. The van der Waals surface area contributed by atoms with Crippen molar-refractivity contribution in [3.63, 3.8) is 0 Å². The van der Waals surface area contributed by atoms with Gasteiger partial charge in [-0.3, -0.25) is 18.9 Å². The van der Waals surface area contributed by atoms with Gasteiger partial charge in [0.2, 0.25) is 5.95 Å². The molecule has 1 amide bonds. The van der Waals surface area contributed by atoms with Gasteiger partial charge >= 0.3 is 11.8 Å². The second-order valence-corrected chi connectivity index (χ2v) is 6.06. The van der Waals surface area contributed by atoms with Crippen LogP contribution < -0.4 is 21.9 Å². The average Bonchev–Trinajstić information content (AvgIpc) is 2.97. The number of piperidine rings is 1. The van der Waals surface area contributed by atoms with Crippen molar-refractivity contribution in [1.29, 1.82) is 0 Å². The molecule has 2 aromatic heterocycles. The molecule has 10 heteroatoms. The first-order chi connectivity index (χ1) is 12.4. The van der Waals surface area contributed by atoms with E-state index in [0.29, 0.717) is 25.5 Å². The minimum Gasteiger partial charge on any atom is -0.445 e. The molecule has 3 rings (SSSR count). The summed E-state index contributed by atoms with van der Waals surface area (Å²) in [6.45, 7) is 3.03. The summed E-state index contributed by atoms with van der Waals surface area (Å²) >= 11 is 0. The Hall–Kier alpha value is -3.22. The lowest BCUT2D eigenvalue weighted by Gasteiger charge is -2.32. The number of hydrogen-bond donors (Lipinski definition) is 2. The van der Waals surface area contributed by atoms with E-state index in [-0.39, 0.29) is 23.8 Å². The van der Waals surface area contributed by atoms with E-state index in [1.165, 1.54) is 4.57 Å². The summed E-state index contributed by atoms with van der Waals surface area (Å²) in [5.74, 6) is 6.23. The van der Waals surface area contributed by atoms with Crippen molar-refractivity contribution in [3.8, 4) is 11.8 Å². The Morgan fingerprint density at radius 3 is 2.92 bits per heavy atom. The number of carbonyl (C=O) groups is 1. The van der Waals surface area contributed by atoms with E-state index in [1.807, 2.05) is 4.90 Å². The number of nitrogens with one attached hydrogen (secondary N) is 1. The van der Waals surface area contributed by atoms with Gasteiger partial charge in [-0.1, -0.05) is 5.92 Å². The highest BCUT2D eigenvalue weighted by atomic mass is 16.6. The molecule has 0 unspecified atom stereocenters. The number of imidazole rings is 1. The van der Waals surface area contributed by atoms with Crippen molar-refractivity contribution < 1.29 is 9.53 Å². The van der Waals surface area contributed by atoms with E-state index in [4.69, 9.17) is 10.5 Å². The highest BCUT2D eigenvalue weighted by Gasteiger charge is 2.27. The summed E-state index contributed by atoms with van der Waals surface area (Å²) in [4.78, 5) is 44.0. The molecular formula is C16H20N6O4. The summed E-state index contributed by atoms with van der Waals surface area (Å²) in [5.41, 5.74) is 4.64. The zero-order chi connectivity index (χ0) is 18.8. The Morgan fingerprint density at radius 1 is 1.46 bits per heavy atom. The third-order valence-electron chi connectivity index (χ3n) is 4.34. The molecule has 3 heterocycles. The summed E-state index contributed by atoms with van der Waals surface area (Å²) in [7, 11) is 1.54. The number of H-pyrrole nitrogens is 1. The molecule has 26 heavy (non-hydrogen) atoms. The number of fused-ring (bicyclic) bond motifs is 1. The molecule has 10 nitrogen and oxygen atoms in total. The van der Waals surface area contributed by atoms with E-state index in [1.54, 1.807) is 18.5 Å². The smallest absolute Gasteiger partial charge is 0.404 e. The summed E-state index contributed by atoms with van der Waals surface area (Å²) in [6.07, 6.45) is 0.304. The topological polar surface area (TPSA) is 128 Å². The summed E-state index contributed by atoms with van der Waals surface area (Å²) < 4.78 is 8.08. The quantitative estimate of drug-likeness (QED) is 0.711. The van der Waals surface area contributed by atoms with Crippen LogP contribution in [-0.4, -0.2) is 44.4 Å². The lowest BCUT2D eigenvalue weighted by Crippen LogP contribution is -2.42. The average molecular weight is 360 g/mol. The molecular weight excluding hydrogens is 340 g/mol. The fraction of sp³-hybridized carbons (Fsp3) is 0.500. The zero-order valence-corrected chi connectivity index (χ0v) is 14.6. The molecule has 1 atom stereocenters. The fourth-order valence-electron chi connectivity index (χ4n) is 3.15. The van der Waals surface area contributed by atoms with Gasteiger partial charge in [0, 0.05) is 13.6 Å². The number of aryl methyl sites for hydroxylation is 1. The van der Waals surface area contributed by atoms with Gasteiger partial charge in [-0.25, -0.2) is 9.59 Å². The molecule has 0 bridgehead atoms. The van der Waals surface area contributed by atoms with E-state index >= 15 is 0 Å². The number of primary amides is 1. The van der Waals surface area contributed by atoms with E-state index in [9.17, 15) is 14.4 Å². The maximum absolute atomic E-state index is 12.4. The molecule has 0 aromatic carbocycles. The lowest BCUT2D eigenvalue weighted by atomic mass is 10.1. The van der Waals surface area contributed by atoms with Crippen molar-refractivity contribution in [2.24, 2.45) is 12.8 Å². The van der Waals surface area contributed by atoms with Gasteiger partial charge in [0.15, 0.2) is 11.2 Å². The minimum absolute atomic E-state index is 0.251. The second kappa shape index (κ2) is 6.95. The van der Waals surface area contributed by atoms with Gasteiger partial charge < -0.3 is 15.4 Å². The van der Waals surface area contributed by atoms with Gasteiger partial charge in [0.1, 0.15) is 6.10 Å². The number of amides is 1. The number of aromatic nitrogens is 4. The van der Waals surface area contributed by atoms with Crippen LogP contribution in [0.2, 0.25) is 0 Å². The first-order valence-electron chi connectivity index (χ1n) is 8.22. The normalized spacial score (nSPS) is 17.0. The Kier molecular flexibility index (Phi) is 4.71. The van der Waals surface area contributed by atoms with Crippen molar-refractivity contribution in [2.75, 3.05) is 18.0 Å². The predicted octanol–water partition coefficient (Wildman–Crippen LogP) is -0.489. The Labute approximate surface area is 148 Å². The molecule has 1 aliphatic heterocycles. The van der Waals surface area contributed by atoms with Gasteiger partial charge in [-0.15, -0.1) is 5.92 Å². The van der Waals surface area contributed by atoms with Crippen molar-refractivity contribution >= 4 is 23.2 Å². The Morgan fingerprint density at radius 2 is 2.23 bits per heavy atom. The number of aromatic amines is 1. The third kappa shape index (κ3) is 3.15. The van der Waals surface area contributed by atoms with Crippen LogP contribution in [0.3, 0.4) is 0 Å². The van der Waals surface area contributed by atoms with Crippen LogP contribution in [0.5, 0.6) is 0 Å². The number of anilines is 1. The van der Waals surface area contributed by atoms with Crippen LogP contribution in [0.15, 0.2) is 9.59 Å². The van der Waals surface area contributed by atoms with Gasteiger partial charge in [-0.05, 0) is 19.8 Å². The highest BCUT2D eigenvalue weighted by molar-refractivity contribution is 5.74. The maximum Gasteiger partial charge on any atom is 0.404 e. The third-order valence-corrected chi connectivity index (χ3v) is 4.34. The number of rotatable bonds is 3. The van der Waals surface area contributed by atoms with Gasteiger partial charge in [0.25, 0.3) is 5.56 Å². The molecule has 2 aromatic rings. The lowest BCUT2D eigenvalue weighted by molar-refractivity contribution is 0.0962. The zero-order valence-electron chi connectivity index (χ0n) is 14.6. The SMILES string of the molecule is CC#CCn1c(N2CCC[C@@H](OC(N)=O)C2)nc2c1c(=O)[nH]c(=O)n2C. The molecule has 1 aliphatic rings. The van der Waals surface area contributed by atoms with Crippen LogP contribution in [-0.2, 0) is 18.3 Å². The van der Waals surface area contributed by atoms with Crippen LogP contribution >= 0.6 is 0 Å². The van der Waals surface area contributed by atoms with E-state index in [2.05, 4.69) is 21.8 Å². The predicted molar refractivity (Wildman–Crippen MR) is 94.9 cm³/mol. The van der Waals surface area contributed by atoms with Gasteiger partial charge in [-0.2, -0.15) is 4.98 Å². The monoisotopic (exact) mass is 360 g/mol. The van der Waals surface area contributed by atoms with Crippen LogP contribution in [0.25, 0.3) is 11.2 Å². The van der Waals surface area contributed by atoms with E-state index in [0.717, 1.165) is 6.42 Å². The first kappa shape index (κ1) is 17.6. The fourth-order valence-corrected chi connectivity index (χ4v) is 3.15. The largest absolute Gasteiger partial charge is 0.445 e. The maximum atomic E-state index is 12.4. The Balaban J connectivity index is 2.12. The highest BCUT2D eigenvalue weighted by Crippen LogP contribution is 2.23. The van der Waals surface area contributed by atoms with Gasteiger partial charge in [0.05, 0.1) is 13.1 Å². The van der Waals surface area contributed by atoms with Crippen molar-refractivity contribution in [2.45, 2.75) is 32.4 Å². The number of carbonyl (C=O) groups excluding carboxylic acids is 1. The first-order valence-corrected chi connectivity index (χ1v) is 8.22. The van der Waals surface area contributed by atoms with Crippen molar-refractivity contribution in [3.05, 3.63) is 20.8 Å². The molecule has 3 N–H and O–H groups in total. The van der Waals surface area contributed by atoms with Crippen molar-refractivity contribution in [1.82, 2.24) is 19.1 Å². The molecule has 0 spiro atoms. The standard InChI is InChI=1S/C16H20N6O4/c1-3-4-8-22-11-12(20(2)16(25)19-13(11)23)18-15(22)21-7-5-6-10(9-21)26-14(17)24/h10H,5-9H2,1-2H3,(H2,17,24)(H,19,23,25)/t10-/m1/s1. The summed E-state index contributed by atoms with van der Waals surface area (Å²) in [5, 5.41) is 0. The Bertz CT molecular complexity index is 1020. The van der Waals surface area contributed by atoms with Crippen LogP contribution in [0.1, 0.15) is 19.8 Å². The molecule has 0 radical (unpaired) electrons. The number of hydrogen-bond acceptors (Lipinski definition) is 6. The summed E-state index contributed by atoms with van der Waals surface area (Å²) in [6, 6.07) is 0. The molecule has 1 saturated heterocycles. The molecule has 1 fully saturated rings. The molecule has 138 valence electrons. The van der Waals surface area contributed by atoms with E-state index < -0.39 is 17.3 Å². The number of nitrogens with zero attached hydrogens (tertiary/aromatic N) is 4. The minimum atomic E-state index is -0.818.